The van der Waals surface area contributed by atoms with Gasteiger partial charge in [0.05, 0.1) is 12.2 Å². The molecule has 0 amide bonds. The van der Waals surface area contributed by atoms with Crippen LogP contribution in [-0.4, -0.2) is 33.5 Å². The Morgan fingerprint density at radius 1 is 1.13 bits per heavy atom. The van der Waals surface area contributed by atoms with E-state index in [0.29, 0.717) is 12.8 Å². The average molecular weight is 214 g/mol. The van der Waals surface area contributed by atoms with E-state index in [-0.39, 0.29) is 0 Å². The van der Waals surface area contributed by atoms with E-state index in [9.17, 15) is 20.1 Å². The van der Waals surface area contributed by atoms with Gasteiger partial charge in [0.2, 0.25) is 0 Å². The summed E-state index contributed by atoms with van der Waals surface area (Å²) >= 11 is 0. The smallest absolute Gasteiger partial charge is 0.312 e. The van der Waals surface area contributed by atoms with Crippen LogP contribution in [0, 0.1) is 16.2 Å². The van der Waals surface area contributed by atoms with Crippen molar-refractivity contribution in [1.29, 1.82) is 0 Å². The highest BCUT2D eigenvalue weighted by atomic mass is 16.4. The van der Waals surface area contributed by atoms with E-state index in [1.165, 1.54) is 0 Å². The van der Waals surface area contributed by atoms with Crippen molar-refractivity contribution in [2.75, 3.05) is 0 Å². The zero-order valence-electron chi connectivity index (χ0n) is 9.32. The standard InChI is InChI=1S/C11H18O4/c1-9(2)10(3)4-5-11(9,8(14)15)7(13)6(10)12/h6-7,12-13H,4-5H2,1-3H3,(H,14,15)/t6-,7+,10-,11+/m0/s1. The number of rotatable bonds is 1. The molecular weight excluding hydrogens is 196 g/mol. The molecule has 0 radical (unpaired) electrons. The molecule has 2 fully saturated rings. The largest absolute Gasteiger partial charge is 0.481 e. The summed E-state index contributed by atoms with van der Waals surface area (Å²) < 4.78 is 0. The summed E-state index contributed by atoms with van der Waals surface area (Å²) in [5.41, 5.74) is -2.25. The molecule has 0 aliphatic heterocycles. The lowest BCUT2D eigenvalue weighted by Gasteiger charge is -2.38. The van der Waals surface area contributed by atoms with Crippen LogP contribution in [0.4, 0.5) is 0 Å². The van der Waals surface area contributed by atoms with Gasteiger partial charge in [-0.1, -0.05) is 20.8 Å². The number of fused-ring (bicyclic) bond motifs is 2. The van der Waals surface area contributed by atoms with Gasteiger partial charge in [-0.25, -0.2) is 0 Å². The molecule has 0 unspecified atom stereocenters. The lowest BCUT2D eigenvalue weighted by Crippen LogP contribution is -2.48. The van der Waals surface area contributed by atoms with E-state index < -0.39 is 34.4 Å². The van der Waals surface area contributed by atoms with Crippen molar-refractivity contribution in [2.45, 2.75) is 45.8 Å². The van der Waals surface area contributed by atoms with Crippen LogP contribution < -0.4 is 0 Å². The highest BCUT2D eigenvalue weighted by molar-refractivity contribution is 5.79. The molecule has 86 valence electrons. The quantitative estimate of drug-likeness (QED) is 0.598. The predicted molar refractivity (Wildman–Crippen MR) is 53.2 cm³/mol. The Bertz CT molecular complexity index is 325. The van der Waals surface area contributed by atoms with Crippen LogP contribution in [0.25, 0.3) is 0 Å². The van der Waals surface area contributed by atoms with E-state index in [1.54, 1.807) is 0 Å². The number of hydrogen-bond acceptors (Lipinski definition) is 3. The number of carbonyl (C=O) groups is 1. The van der Waals surface area contributed by atoms with Gasteiger partial charge in [0.25, 0.3) is 0 Å². The number of carboxylic acids is 1. The molecule has 0 spiro atoms. The second-order valence-corrected chi connectivity index (χ2v) is 5.71. The Hall–Kier alpha value is -0.610. The predicted octanol–water partition coefficient (Wildman–Crippen LogP) is 0.619. The van der Waals surface area contributed by atoms with E-state index in [2.05, 4.69) is 0 Å². The maximum Gasteiger partial charge on any atom is 0.312 e. The van der Waals surface area contributed by atoms with Crippen LogP contribution in [0.5, 0.6) is 0 Å². The van der Waals surface area contributed by atoms with Crippen molar-refractivity contribution < 1.29 is 20.1 Å². The molecule has 15 heavy (non-hydrogen) atoms. The molecule has 2 aliphatic carbocycles. The molecule has 4 heteroatoms. The first-order valence-electron chi connectivity index (χ1n) is 5.31. The first kappa shape index (κ1) is 10.9. The topological polar surface area (TPSA) is 77.8 Å². The Morgan fingerprint density at radius 2 is 1.67 bits per heavy atom. The van der Waals surface area contributed by atoms with Crippen molar-refractivity contribution in [3.05, 3.63) is 0 Å². The van der Waals surface area contributed by atoms with Gasteiger partial charge >= 0.3 is 5.97 Å². The Morgan fingerprint density at radius 3 is 1.93 bits per heavy atom. The van der Waals surface area contributed by atoms with Gasteiger partial charge in [0.1, 0.15) is 5.41 Å². The fraction of sp³-hybridized carbons (Fsp3) is 0.909. The highest BCUT2D eigenvalue weighted by Crippen LogP contribution is 2.72. The van der Waals surface area contributed by atoms with Gasteiger partial charge in [-0.3, -0.25) is 4.79 Å². The van der Waals surface area contributed by atoms with Crippen LogP contribution in [0.3, 0.4) is 0 Å². The third kappa shape index (κ3) is 0.807. The molecule has 0 saturated heterocycles. The van der Waals surface area contributed by atoms with Gasteiger partial charge in [-0.15, -0.1) is 0 Å². The summed E-state index contributed by atoms with van der Waals surface area (Å²) in [4.78, 5) is 11.4. The number of aliphatic hydroxyl groups is 2. The maximum atomic E-state index is 11.4. The number of aliphatic hydroxyl groups excluding tert-OH is 2. The minimum atomic E-state index is -1.18. The molecule has 2 bridgehead atoms. The minimum absolute atomic E-state index is 0.448. The molecule has 4 nitrogen and oxygen atoms in total. The molecule has 0 heterocycles. The molecule has 0 aromatic carbocycles. The van der Waals surface area contributed by atoms with Crippen molar-refractivity contribution in [3.8, 4) is 0 Å². The molecule has 2 aliphatic rings. The monoisotopic (exact) mass is 214 g/mol. The van der Waals surface area contributed by atoms with Gasteiger partial charge in [-0.2, -0.15) is 0 Å². The summed E-state index contributed by atoms with van der Waals surface area (Å²) in [6.45, 7) is 5.56. The fourth-order valence-electron chi connectivity index (χ4n) is 3.75. The Balaban J connectivity index is 2.62. The second kappa shape index (κ2) is 2.55. The Labute approximate surface area is 88.9 Å². The van der Waals surface area contributed by atoms with Gasteiger partial charge in [0, 0.05) is 5.41 Å². The fourth-order valence-corrected chi connectivity index (χ4v) is 3.75. The van der Waals surface area contributed by atoms with E-state index in [0.717, 1.165) is 0 Å². The summed E-state index contributed by atoms with van der Waals surface area (Å²) in [7, 11) is 0. The molecular formula is C11H18O4. The zero-order valence-corrected chi connectivity index (χ0v) is 9.32. The normalized spacial score (nSPS) is 52.1. The first-order valence-corrected chi connectivity index (χ1v) is 5.31. The summed E-state index contributed by atoms with van der Waals surface area (Å²) in [5.74, 6) is -0.986. The van der Waals surface area contributed by atoms with E-state index in [1.807, 2.05) is 20.8 Å². The van der Waals surface area contributed by atoms with Crippen molar-refractivity contribution in [1.82, 2.24) is 0 Å². The summed E-state index contributed by atoms with van der Waals surface area (Å²) in [6, 6.07) is 0. The van der Waals surface area contributed by atoms with Crippen LogP contribution in [0.1, 0.15) is 33.6 Å². The molecule has 3 N–H and O–H groups in total. The van der Waals surface area contributed by atoms with Crippen LogP contribution >= 0.6 is 0 Å². The molecule has 2 rings (SSSR count). The van der Waals surface area contributed by atoms with Gasteiger partial charge in [0.15, 0.2) is 0 Å². The Kier molecular flexibility index (Phi) is 1.85. The molecule has 4 atom stereocenters. The number of aliphatic carboxylic acids is 1. The van der Waals surface area contributed by atoms with Crippen LogP contribution in [0.15, 0.2) is 0 Å². The van der Waals surface area contributed by atoms with Crippen molar-refractivity contribution in [3.63, 3.8) is 0 Å². The van der Waals surface area contributed by atoms with Gasteiger partial charge in [-0.05, 0) is 18.3 Å². The van der Waals surface area contributed by atoms with Crippen LogP contribution in [0.2, 0.25) is 0 Å². The second-order valence-electron chi connectivity index (χ2n) is 5.71. The maximum absolute atomic E-state index is 11.4. The number of hydrogen-bond donors (Lipinski definition) is 3. The SMILES string of the molecule is CC1(C)[C@@]2(C)CC[C@]1(C(=O)O)[C@H](O)[C@@H]2O. The van der Waals surface area contributed by atoms with Crippen molar-refractivity contribution in [2.24, 2.45) is 16.2 Å². The lowest BCUT2D eigenvalue weighted by atomic mass is 9.64. The van der Waals surface area contributed by atoms with Gasteiger partial charge < -0.3 is 15.3 Å². The summed E-state index contributed by atoms with van der Waals surface area (Å²) in [5, 5.41) is 29.3. The summed E-state index contributed by atoms with van der Waals surface area (Å²) in [6.07, 6.45) is -0.977. The highest BCUT2D eigenvalue weighted by Gasteiger charge is 2.77. The third-order valence-electron chi connectivity index (χ3n) is 5.42. The lowest BCUT2D eigenvalue weighted by molar-refractivity contribution is -0.164. The van der Waals surface area contributed by atoms with E-state index in [4.69, 9.17) is 0 Å². The number of carboxylic acid groups (broad SMARTS) is 1. The first-order chi connectivity index (χ1) is 6.72. The molecule has 2 saturated carbocycles. The minimum Gasteiger partial charge on any atom is -0.481 e. The average Bonchev–Trinajstić information content (AvgIpc) is 2.39. The molecule has 0 aromatic heterocycles. The van der Waals surface area contributed by atoms with Crippen molar-refractivity contribution >= 4 is 5.97 Å². The zero-order chi connectivity index (χ0) is 11.6. The van der Waals surface area contributed by atoms with Crippen LogP contribution in [-0.2, 0) is 4.79 Å². The van der Waals surface area contributed by atoms with E-state index >= 15 is 0 Å². The molecule has 0 aromatic rings. The third-order valence-corrected chi connectivity index (χ3v) is 5.42.